The number of hydrogen-bond acceptors (Lipinski definition) is 5. The van der Waals surface area contributed by atoms with Crippen LogP contribution in [0.5, 0.6) is 0 Å². The lowest BCUT2D eigenvalue weighted by Gasteiger charge is -2.32. The summed E-state index contributed by atoms with van der Waals surface area (Å²) < 4.78 is 0. The molecule has 0 saturated carbocycles. The Morgan fingerprint density at radius 1 is 1.08 bits per heavy atom. The maximum atomic E-state index is 11.5. The average molecular weight is 509 g/mol. The van der Waals surface area contributed by atoms with E-state index in [-0.39, 0.29) is 23.5 Å². The van der Waals surface area contributed by atoms with Gasteiger partial charge in [-0.05, 0) is 86.3 Å². The molecule has 0 radical (unpaired) electrons. The molecule has 4 aliphatic heterocycles. The lowest BCUT2D eigenvalue weighted by atomic mass is 9.69. The van der Waals surface area contributed by atoms with Gasteiger partial charge in [-0.15, -0.1) is 0 Å². The standard InChI is InChI=1S/C31H32N4O3/c1-15-10-19-13-24-17(3)20(6-9-27(37)38)29(34-24)28-25(36)8-7-21-30(28)35-26(31(21,4)5)14-23-16(2)11-18(33-23)12-22(15)32-19/h10-14,21,33,36H,6-9H2,1-5H3,(H,37,38)/t21-/m0/s1. The van der Waals surface area contributed by atoms with Crippen LogP contribution in [0.1, 0.15) is 70.3 Å². The number of aryl methyl sites for hydroxylation is 1. The van der Waals surface area contributed by atoms with Crippen LogP contribution in [0.2, 0.25) is 0 Å². The molecule has 3 N–H and O–H groups in total. The van der Waals surface area contributed by atoms with Crippen molar-refractivity contribution in [2.24, 2.45) is 26.3 Å². The van der Waals surface area contributed by atoms with Crippen LogP contribution >= 0.6 is 0 Å². The predicted molar refractivity (Wildman–Crippen MR) is 151 cm³/mol. The number of hydrogen-bond donors (Lipinski definition) is 3. The Kier molecular flexibility index (Phi) is 5.45. The number of aliphatic imine (C=N–C) groups is 3. The van der Waals surface area contributed by atoms with Gasteiger partial charge in [-0.3, -0.25) is 9.79 Å². The molecule has 194 valence electrons. The fourth-order valence-electron chi connectivity index (χ4n) is 6.15. The van der Waals surface area contributed by atoms with Gasteiger partial charge in [-0.25, -0.2) is 9.98 Å². The number of carboxylic acid groups (broad SMARTS) is 1. The van der Waals surface area contributed by atoms with E-state index in [1.165, 1.54) is 0 Å². The Hall–Kier alpha value is -4.00. The molecule has 0 fully saturated rings. The van der Waals surface area contributed by atoms with E-state index in [0.717, 1.165) is 68.6 Å². The first-order valence-corrected chi connectivity index (χ1v) is 13.2. The molecule has 6 rings (SSSR count). The van der Waals surface area contributed by atoms with E-state index >= 15 is 0 Å². The highest BCUT2D eigenvalue weighted by molar-refractivity contribution is 6.33. The first-order valence-electron chi connectivity index (χ1n) is 13.2. The summed E-state index contributed by atoms with van der Waals surface area (Å²) in [6.07, 6.45) is 9.82. The summed E-state index contributed by atoms with van der Waals surface area (Å²) in [5, 5.41) is 20.7. The highest BCUT2D eigenvalue weighted by Crippen LogP contribution is 2.51. The first-order chi connectivity index (χ1) is 18.0. The molecule has 5 aliphatic rings. The molecule has 1 aliphatic carbocycles. The highest BCUT2D eigenvalue weighted by atomic mass is 16.4. The van der Waals surface area contributed by atoms with Gasteiger partial charge < -0.3 is 15.2 Å². The van der Waals surface area contributed by atoms with Crippen molar-refractivity contribution in [2.45, 2.75) is 60.3 Å². The molecule has 7 heteroatoms. The zero-order chi connectivity index (χ0) is 26.9. The SMILES string of the molecule is CC1=CC2=NC1=Cc1cc(C)c([nH]1)C=C1N=C3C(=C(O)CC[C@@H]3C1(C)C)C1=NC(=C2)C(C)=C1CCC(=O)O. The number of aliphatic carboxylic acids is 1. The largest absolute Gasteiger partial charge is 0.512 e. The van der Waals surface area contributed by atoms with Gasteiger partial charge >= 0.3 is 5.97 Å². The Morgan fingerprint density at radius 2 is 1.87 bits per heavy atom. The monoisotopic (exact) mass is 508 g/mol. The Morgan fingerprint density at radius 3 is 2.63 bits per heavy atom. The minimum Gasteiger partial charge on any atom is -0.512 e. The third-order valence-corrected chi connectivity index (χ3v) is 8.45. The van der Waals surface area contributed by atoms with E-state index in [2.05, 4.69) is 44.0 Å². The van der Waals surface area contributed by atoms with Gasteiger partial charge in [0.2, 0.25) is 0 Å². The number of H-pyrrole nitrogens is 1. The second kappa shape index (κ2) is 8.51. The third kappa shape index (κ3) is 3.80. The van der Waals surface area contributed by atoms with Crippen LogP contribution in [0.15, 0.2) is 78.3 Å². The normalized spacial score (nSPS) is 23.5. The van der Waals surface area contributed by atoms with Gasteiger partial charge in [0.1, 0.15) is 5.76 Å². The van der Waals surface area contributed by atoms with Crippen molar-refractivity contribution in [1.29, 1.82) is 0 Å². The van der Waals surface area contributed by atoms with Gasteiger partial charge in [0.15, 0.2) is 0 Å². The molecular weight excluding hydrogens is 476 g/mol. The van der Waals surface area contributed by atoms with Crippen molar-refractivity contribution >= 4 is 35.3 Å². The summed E-state index contributed by atoms with van der Waals surface area (Å²) in [7, 11) is 0. The van der Waals surface area contributed by atoms with Gasteiger partial charge in [0, 0.05) is 41.3 Å². The van der Waals surface area contributed by atoms with Crippen molar-refractivity contribution in [2.75, 3.05) is 0 Å². The first kappa shape index (κ1) is 24.3. The topological polar surface area (TPSA) is 110 Å². The maximum absolute atomic E-state index is 11.5. The summed E-state index contributed by atoms with van der Waals surface area (Å²) in [5.74, 6) is -0.468. The number of fused-ring (bicyclic) bond motifs is 6. The number of aliphatic hydroxyl groups excluding tert-OH is 1. The minimum absolute atomic E-state index is 0.0133. The van der Waals surface area contributed by atoms with Crippen LogP contribution in [0, 0.1) is 18.3 Å². The molecule has 0 saturated heterocycles. The van der Waals surface area contributed by atoms with Gasteiger partial charge in [-0.1, -0.05) is 13.8 Å². The molecule has 0 amide bonds. The number of carbonyl (C=O) groups is 1. The number of allylic oxidation sites excluding steroid dienone is 8. The summed E-state index contributed by atoms with van der Waals surface area (Å²) >= 11 is 0. The predicted octanol–water partition coefficient (Wildman–Crippen LogP) is 6.64. The summed E-state index contributed by atoms with van der Waals surface area (Å²) in [6, 6.07) is 2.13. The summed E-state index contributed by atoms with van der Waals surface area (Å²) in [5.41, 5.74) is 11.2. The van der Waals surface area contributed by atoms with Crippen LogP contribution in [0.4, 0.5) is 0 Å². The number of aliphatic hydroxyl groups is 1. The van der Waals surface area contributed by atoms with E-state index in [0.29, 0.717) is 24.1 Å². The zero-order valence-electron chi connectivity index (χ0n) is 22.4. The van der Waals surface area contributed by atoms with E-state index in [1.54, 1.807) is 0 Å². The number of nitrogens with zero attached hydrogens (tertiary/aromatic N) is 3. The molecule has 1 aromatic rings. The average Bonchev–Trinajstić information content (AvgIpc) is 3.52. The Labute approximate surface area is 222 Å². The molecule has 7 nitrogen and oxygen atoms in total. The van der Waals surface area contributed by atoms with Crippen molar-refractivity contribution in [3.8, 4) is 0 Å². The third-order valence-electron chi connectivity index (χ3n) is 8.45. The van der Waals surface area contributed by atoms with Crippen LogP contribution in [-0.2, 0) is 4.79 Å². The summed E-state index contributed by atoms with van der Waals surface area (Å²) in [4.78, 5) is 30.1. The van der Waals surface area contributed by atoms with E-state index < -0.39 is 5.97 Å². The molecule has 0 unspecified atom stereocenters. The summed E-state index contributed by atoms with van der Waals surface area (Å²) in [6.45, 7) is 10.5. The van der Waals surface area contributed by atoms with Crippen LogP contribution in [0.25, 0.3) is 12.2 Å². The van der Waals surface area contributed by atoms with Crippen molar-refractivity contribution in [1.82, 2.24) is 4.98 Å². The molecular formula is C31H32N4O3. The molecule has 1 aromatic heterocycles. The number of rotatable bonds is 3. The second-order valence-corrected chi connectivity index (χ2v) is 11.4. The fraction of sp³-hybridized carbons (Fsp3) is 0.355. The number of aromatic amines is 1. The van der Waals surface area contributed by atoms with E-state index in [9.17, 15) is 15.0 Å². The van der Waals surface area contributed by atoms with E-state index in [4.69, 9.17) is 15.0 Å². The van der Waals surface area contributed by atoms with Gasteiger partial charge in [-0.2, -0.15) is 0 Å². The number of carboxylic acids is 1. The molecule has 38 heavy (non-hydrogen) atoms. The van der Waals surface area contributed by atoms with Crippen molar-refractivity contribution in [3.63, 3.8) is 0 Å². The van der Waals surface area contributed by atoms with Crippen LogP contribution in [-0.4, -0.2) is 38.3 Å². The molecule has 5 heterocycles. The second-order valence-electron chi connectivity index (χ2n) is 11.4. The van der Waals surface area contributed by atoms with Crippen LogP contribution in [0.3, 0.4) is 0 Å². The number of nitrogens with one attached hydrogen (secondary N) is 1. The molecule has 1 atom stereocenters. The number of aromatic nitrogens is 1. The van der Waals surface area contributed by atoms with Crippen molar-refractivity contribution in [3.05, 3.63) is 80.3 Å². The van der Waals surface area contributed by atoms with Gasteiger partial charge in [0.25, 0.3) is 0 Å². The molecule has 0 spiro atoms. The smallest absolute Gasteiger partial charge is 0.303 e. The fourth-order valence-corrected chi connectivity index (χ4v) is 6.15. The van der Waals surface area contributed by atoms with Gasteiger partial charge in [0.05, 0.1) is 34.1 Å². The molecule has 8 bridgehead atoms. The lowest BCUT2D eigenvalue weighted by Crippen LogP contribution is -2.33. The minimum atomic E-state index is -0.862. The van der Waals surface area contributed by atoms with E-state index in [1.807, 2.05) is 26.0 Å². The Balaban J connectivity index is 1.62. The highest BCUT2D eigenvalue weighted by Gasteiger charge is 2.47. The van der Waals surface area contributed by atoms with Crippen LogP contribution < -0.4 is 0 Å². The quantitative estimate of drug-likeness (QED) is 0.425. The molecule has 0 aromatic carbocycles. The maximum Gasteiger partial charge on any atom is 0.303 e. The Bertz CT molecular complexity index is 1590. The lowest BCUT2D eigenvalue weighted by molar-refractivity contribution is -0.136. The van der Waals surface area contributed by atoms with Crippen molar-refractivity contribution < 1.29 is 15.0 Å². The zero-order valence-corrected chi connectivity index (χ0v) is 22.4.